The maximum absolute atomic E-state index is 11.9. The average Bonchev–Trinajstić information content (AvgIpc) is 2.45. The van der Waals surface area contributed by atoms with Crippen LogP contribution in [0.25, 0.3) is 0 Å². The van der Waals surface area contributed by atoms with Crippen molar-refractivity contribution in [2.75, 3.05) is 6.61 Å². The Morgan fingerprint density at radius 1 is 1.00 bits per heavy atom. The number of carbonyl (C=O) groups excluding carboxylic acids is 2. The second kappa shape index (κ2) is 8.10. The third kappa shape index (κ3) is 4.42. The molecule has 0 amide bonds. The number of ether oxygens (including phenoxy) is 2. The van der Waals surface area contributed by atoms with E-state index in [0.717, 1.165) is 0 Å². The Balaban J connectivity index is 5.93. The van der Waals surface area contributed by atoms with Crippen LogP contribution in [0.5, 0.6) is 0 Å². The van der Waals surface area contributed by atoms with Gasteiger partial charge in [0.15, 0.2) is 0 Å². The van der Waals surface area contributed by atoms with E-state index < -0.39 is 29.9 Å². The van der Waals surface area contributed by atoms with Crippen molar-refractivity contribution in [2.24, 2.45) is 0 Å². The largest absolute Gasteiger partial charge is 0.416 e. The molecule has 0 saturated heterocycles. The van der Waals surface area contributed by atoms with Crippen molar-refractivity contribution in [3.8, 4) is 0 Å². The summed E-state index contributed by atoms with van der Waals surface area (Å²) >= 11 is 0. The van der Waals surface area contributed by atoms with Crippen molar-refractivity contribution in [1.82, 2.24) is 0 Å². The minimum atomic E-state index is -2.00. The number of carbonyl (C=O) groups is 2. The van der Waals surface area contributed by atoms with Gasteiger partial charge in [-0.3, -0.25) is 0 Å². The molecule has 0 heterocycles. The van der Waals surface area contributed by atoms with Crippen molar-refractivity contribution in [3.63, 3.8) is 0 Å². The fraction of sp³-hybridized carbons (Fsp3) is 0.625. The van der Waals surface area contributed by atoms with Crippen LogP contribution in [0.3, 0.4) is 0 Å². The van der Waals surface area contributed by atoms with Crippen LogP contribution in [0.15, 0.2) is 24.3 Å². The standard InChI is InChI=1S/C16H26O6/c1-7-15(20,8-2)16(9-10-17,21-13(18)11(3)4)22-14(19)12(5)6/h17,20H,3,5,7-10H2,1-2,4,6H3. The zero-order chi connectivity index (χ0) is 17.6. The normalized spacial score (nSPS) is 11.7. The molecule has 22 heavy (non-hydrogen) atoms. The van der Waals surface area contributed by atoms with E-state index >= 15 is 0 Å². The molecule has 2 N–H and O–H groups in total. The third-order valence-electron chi connectivity index (χ3n) is 3.53. The van der Waals surface area contributed by atoms with Gasteiger partial charge in [0.2, 0.25) is 0 Å². The Morgan fingerprint density at radius 3 is 1.59 bits per heavy atom. The van der Waals surface area contributed by atoms with Gasteiger partial charge in [-0.05, 0) is 26.7 Å². The fourth-order valence-electron chi connectivity index (χ4n) is 1.96. The molecule has 0 aromatic carbocycles. The molecule has 0 aromatic rings. The van der Waals surface area contributed by atoms with E-state index in [1.807, 2.05) is 0 Å². The van der Waals surface area contributed by atoms with E-state index in [0.29, 0.717) is 0 Å². The number of aliphatic hydroxyl groups excluding tert-OH is 1. The monoisotopic (exact) mass is 314 g/mol. The summed E-state index contributed by atoms with van der Waals surface area (Å²) in [5, 5.41) is 20.1. The summed E-state index contributed by atoms with van der Waals surface area (Å²) in [4.78, 5) is 23.9. The Hall–Kier alpha value is -1.66. The SMILES string of the molecule is C=C(C)C(=O)OC(CCO)(OC(=O)C(=C)C)C(O)(CC)CC. The number of hydrogen-bond donors (Lipinski definition) is 2. The Bertz CT molecular complexity index is 420. The molecule has 126 valence electrons. The Morgan fingerprint density at radius 2 is 1.36 bits per heavy atom. The van der Waals surface area contributed by atoms with E-state index in [2.05, 4.69) is 13.2 Å². The lowest BCUT2D eigenvalue weighted by Crippen LogP contribution is -2.59. The van der Waals surface area contributed by atoms with E-state index in [1.54, 1.807) is 13.8 Å². The highest BCUT2D eigenvalue weighted by Crippen LogP contribution is 2.38. The van der Waals surface area contributed by atoms with Crippen LogP contribution in [0.2, 0.25) is 0 Å². The van der Waals surface area contributed by atoms with Crippen LogP contribution < -0.4 is 0 Å². The van der Waals surface area contributed by atoms with E-state index in [-0.39, 0.29) is 30.4 Å². The predicted octanol–water partition coefficient (Wildman–Crippen LogP) is 1.85. The van der Waals surface area contributed by atoms with Gasteiger partial charge >= 0.3 is 11.9 Å². The maximum Gasteiger partial charge on any atom is 0.336 e. The quantitative estimate of drug-likeness (QED) is 0.383. The molecule has 6 nitrogen and oxygen atoms in total. The number of esters is 2. The topological polar surface area (TPSA) is 93.1 Å². The molecule has 0 saturated carbocycles. The summed E-state index contributed by atoms with van der Waals surface area (Å²) in [6.07, 6.45) is 0.0378. The second-order valence-electron chi connectivity index (χ2n) is 5.30. The van der Waals surface area contributed by atoms with Crippen molar-refractivity contribution in [3.05, 3.63) is 24.3 Å². The molecule has 0 rings (SSSR count). The minimum absolute atomic E-state index is 0.0863. The van der Waals surface area contributed by atoms with Crippen LogP contribution in [0.1, 0.15) is 47.0 Å². The molecule has 0 aliphatic carbocycles. The van der Waals surface area contributed by atoms with E-state index in [9.17, 15) is 19.8 Å². The molecule has 0 aromatic heterocycles. The lowest BCUT2D eigenvalue weighted by molar-refractivity contribution is -0.297. The van der Waals surface area contributed by atoms with Gasteiger partial charge < -0.3 is 19.7 Å². The smallest absolute Gasteiger partial charge is 0.336 e. The first kappa shape index (κ1) is 20.3. The van der Waals surface area contributed by atoms with Gasteiger partial charge in [0.1, 0.15) is 5.60 Å². The lowest BCUT2D eigenvalue weighted by Gasteiger charge is -2.44. The highest BCUT2D eigenvalue weighted by molar-refractivity contribution is 5.89. The highest BCUT2D eigenvalue weighted by Gasteiger charge is 2.55. The first-order valence-corrected chi connectivity index (χ1v) is 7.20. The highest BCUT2D eigenvalue weighted by atomic mass is 16.7. The molecule has 0 radical (unpaired) electrons. The van der Waals surface area contributed by atoms with E-state index in [4.69, 9.17) is 9.47 Å². The molecular formula is C16H26O6. The maximum atomic E-state index is 11.9. The first-order valence-electron chi connectivity index (χ1n) is 7.20. The summed E-state index contributed by atoms with van der Waals surface area (Å²) in [6.45, 7) is 12.7. The van der Waals surface area contributed by atoms with Gasteiger partial charge in [-0.25, -0.2) is 9.59 Å². The van der Waals surface area contributed by atoms with Gasteiger partial charge in [0.25, 0.3) is 5.79 Å². The van der Waals surface area contributed by atoms with Crippen molar-refractivity contribution in [1.29, 1.82) is 0 Å². The summed E-state index contributed by atoms with van der Waals surface area (Å²) in [6, 6.07) is 0. The van der Waals surface area contributed by atoms with Crippen LogP contribution in [-0.4, -0.2) is 40.1 Å². The molecule has 0 fully saturated rings. The van der Waals surface area contributed by atoms with Gasteiger partial charge in [-0.15, -0.1) is 0 Å². The zero-order valence-electron chi connectivity index (χ0n) is 13.8. The summed E-state index contributed by atoms with van der Waals surface area (Å²) in [7, 11) is 0. The van der Waals surface area contributed by atoms with Crippen LogP contribution >= 0.6 is 0 Å². The van der Waals surface area contributed by atoms with Crippen LogP contribution in [-0.2, 0) is 19.1 Å². The van der Waals surface area contributed by atoms with Gasteiger partial charge in [-0.1, -0.05) is 27.0 Å². The van der Waals surface area contributed by atoms with E-state index in [1.165, 1.54) is 13.8 Å². The van der Waals surface area contributed by atoms with Gasteiger partial charge in [0, 0.05) is 11.1 Å². The summed E-state index contributed by atoms with van der Waals surface area (Å²) in [5.41, 5.74) is -1.47. The molecule has 0 aliphatic heterocycles. The van der Waals surface area contributed by atoms with Crippen molar-refractivity contribution in [2.45, 2.75) is 58.3 Å². The first-order chi connectivity index (χ1) is 10.1. The predicted molar refractivity (Wildman–Crippen MR) is 81.8 cm³/mol. The van der Waals surface area contributed by atoms with Crippen molar-refractivity contribution < 1.29 is 29.3 Å². The molecule has 0 atom stereocenters. The summed E-state index contributed by atoms with van der Waals surface area (Å²) in [5.74, 6) is -3.64. The third-order valence-corrected chi connectivity index (χ3v) is 3.53. The molecular weight excluding hydrogens is 288 g/mol. The molecule has 0 aliphatic rings. The van der Waals surface area contributed by atoms with Crippen molar-refractivity contribution >= 4 is 11.9 Å². The zero-order valence-corrected chi connectivity index (χ0v) is 13.8. The molecule has 0 bridgehead atoms. The summed E-state index contributed by atoms with van der Waals surface area (Å²) < 4.78 is 10.6. The molecule has 0 unspecified atom stereocenters. The Labute approximate surface area is 131 Å². The number of aliphatic hydroxyl groups is 2. The Kier molecular flexibility index (Phi) is 7.49. The lowest BCUT2D eigenvalue weighted by atomic mass is 9.84. The van der Waals surface area contributed by atoms with Crippen LogP contribution in [0.4, 0.5) is 0 Å². The van der Waals surface area contributed by atoms with Crippen LogP contribution in [0, 0.1) is 0 Å². The second-order valence-corrected chi connectivity index (χ2v) is 5.30. The molecule has 6 heteroatoms. The van der Waals surface area contributed by atoms with Gasteiger partial charge in [-0.2, -0.15) is 0 Å². The molecule has 0 spiro atoms. The van der Waals surface area contributed by atoms with Gasteiger partial charge in [0.05, 0.1) is 13.0 Å². The average molecular weight is 314 g/mol. The number of hydrogen-bond acceptors (Lipinski definition) is 6. The minimum Gasteiger partial charge on any atom is -0.416 e. The number of rotatable bonds is 9. The fourth-order valence-corrected chi connectivity index (χ4v) is 1.96.